The van der Waals surface area contributed by atoms with Crippen LogP contribution in [0, 0.1) is 11.3 Å². The molecule has 0 atom stereocenters. The van der Waals surface area contributed by atoms with Crippen molar-refractivity contribution in [1.82, 2.24) is 9.55 Å². The highest BCUT2D eigenvalue weighted by Gasteiger charge is 2.14. The van der Waals surface area contributed by atoms with E-state index < -0.39 is 0 Å². The summed E-state index contributed by atoms with van der Waals surface area (Å²) in [4.78, 5) is 17.7. The van der Waals surface area contributed by atoms with E-state index in [9.17, 15) is 10.1 Å². The van der Waals surface area contributed by atoms with Crippen molar-refractivity contribution in [2.45, 2.75) is 0 Å². The van der Waals surface area contributed by atoms with Gasteiger partial charge in [0.05, 0.1) is 17.3 Å². The summed E-state index contributed by atoms with van der Waals surface area (Å²) in [6, 6.07) is 26.2. The maximum Gasteiger partial charge on any atom is 0.263 e. The van der Waals surface area contributed by atoms with E-state index in [-0.39, 0.29) is 11.0 Å². The second-order valence-corrected chi connectivity index (χ2v) is 6.03. The van der Waals surface area contributed by atoms with E-state index in [0.29, 0.717) is 16.7 Å². The third-order valence-corrected chi connectivity index (χ3v) is 4.35. The highest BCUT2D eigenvalue weighted by atomic mass is 16.1. The third-order valence-electron chi connectivity index (χ3n) is 4.35. The van der Waals surface area contributed by atoms with E-state index in [1.807, 2.05) is 54.6 Å². The van der Waals surface area contributed by atoms with Gasteiger partial charge in [0, 0.05) is 34.8 Å². The Labute approximate surface area is 162 Å². The second-order valence-electron chi connectivity index (χ2n) is 6.03. The molecule has 0 spiro atoms. The summed E-state index contributed by atoms with van der Waals surface area (Å²) in [5.41, 5.74) is 3.71. The van der Waals surface area contributed by atoms with Crippen LogP contribution in [0.2, 0.25) is 0 Å². The van der Waals surface area contributed by atoms with E-state index in [1.165, 1.54) is 0 Å². The number of nitrogens with zero attached hydrogens (tertiary/aromatic N) is 3. The normalized spacial score (nSPS) is 9.96. The molecule has 0 aliphatic heterocycles. The predicted molar refractivity (Wildman–Crippen MR) is 109 cm³/mol. The molecule has 4 rings (SSSR count). The van der Waals surface area contributed by atoms with E-state index in [0.717, 1.165) is 16.9 Å². The monoisotopic (exact) mass is 367 g/mol. The number of hydrogen-bond acceptors (Lipinski definition) is 3. The van der Waals surface area contributed by atoms with E-state index >= 15 is 0 Å². The Balaban J connectivity index is 0.00000225. The van der Waals surface area contributed by atoms with E-state index in [1.54, 1.807) is 41.2 Å². The molecule has 2 aromatic carbocycles. The van der Waals surface area contributed by atoms with Crippen molar-refractivity contribution in [2.75, 3.05) is 0 Å². The summed E-state index contributed by atoms with van der Waals surface area (Å²) in [5, 5.41) is 9.47. The summed E-state index contributed by atoms with van der Waals surface area (Å²) in [7, 11) is 0. The Hall–Kier alpha value is -4.01. The van der Waals surface area contributed by atoms with Gasteiger partial charge in [-0.1, -0.05) is 42.5 Å². The molecule has 136 valence electrons. The molecule has 0 amide bonds. The van der Waals surface area contributed by atoms with Gasteiger partial charge in [-0.3, -0.25) is 14.3 Å². The zero-order valence-corrected chi connectivity index (χ0v) is 14.9. The number of para-hydroxylation sites is 1. The van der Waals surface area contributed by atoms with Gasteiger partial charge >= 0.3 is 0 Å². The van der Waals surface area contributed by atoms with Crippen LogP contribution in [-0.4, -0.2) is 15.0 Å². The van der Waals surface area contributed by atoms with Gasteiger partial charge in [0.1, 0.15) is 0 Å². The number of pyridine rings is 2. The van der Waals surface area contributed by atoms with Crippen LogP contribution in [-0.2, 0) is 0 Å². The fourth-order valence-corrected chi connectivity index (χ4v) is 3.04. The van der Waals surface area contributed by atoms with E-state index in [4.69, 9.17) is 0 Å². The van der Waals surface area contributed by atoms with Crippen molar-refractivity contribution in [2.24, 2.45) is 0 Å². The maximum atomic E-state index is 13.3. The molecule has 28 heavy (non-hydrogen) atoms. The third kappa shape index (κ3) is 3.45. The molecule has 0 radical (unpaired) electrons. The molecule has 2 N–H and O–H groups in total. The van der Waals surface area contributed by atoms with Gasteiger partial charge in [-0.05, 0) is 36.4 Å². The van der Waals surface area contributed by atoms with Gasteiger partial charge < -0.3 is 5.48 Å². The standard InChI is InChI=1S/C23H15N3O.H2O/c24-15-17-8-4-5-11-20(17)21-14-18(22-12-6-7-13-25-22)16-26(23(21)27)19-9-2-1-3-10-19;/h1-14,16H;1H2. The Kier molecular flexibility index (Phi) is 5.45. The Morgan fingerprint density at radius 1 is 0.857 bits per heavy atom. The lowest BCUT2D eigenvalue weighted by molar-refractivity contribution is 0.824. The molecule has 0 saturated heterocycles. The lowest BCUT2D eigenvalue weighted by Gasteiger charge is -2.13. The molecule has 2 heterocycles. The van der Waals surface area contributed by atoms with Crippen LogP contribution >= 0.6 is 0 Å². The molecule has 0 fully saturated rings. The summed E-state index contributed by atoms with van der Waals surface area (Å²) in [6.07, 6.45) is 3.51. The van der Waals surface area contributed by atoms with Crippen LogP contribution in [0.15, 0.2) is 96.1 Å². The highest BCUT2D eigenvalue weighted by Crippen LogP contribution is 2.26. The average Bonchev–Trinajstić information content (AvgIpc) is 2.75. The molecule has 4 aromatic rings. The molecule has 2 aromatic heterocycles. The lowest BCUT2D eigenvalue weighted by Crippen LogP contribution is -2.20. The zero-order chi connectivity index (χ0) is 18.6. The molecule has 0 saturated carbocycles. The van der Waals surface area contributed by atoms with Crippen molar-refractivity contribution in [3.8, 4) is 34.1 Å². The quantitative estimate of drug-likeness (QED) is 0.554. The van der Waals surface area contributed by atoms with Crippen LogP contribution in [0.3, 0.4) is 0 Å². The zero-order valence-electron chi connectivity index (χ0n) is 14.9. The lowest BCUT2D eigenvalue weighted by atomic mass is 9.99. The summed E-state index contributed by atoms with van der Waals surface area (Å²) < 4.78 is 1.60. The number of benzene rings is 2. The summed E-state index contributed by atoms with van der Waals surface area (Å²) >= 11 is 0. The van der Waals surface area contributed by atoms with Crippen molar-refractivity contribution in [3.63, 3.8) is 0 Å². The van der Waals surface area contributed by atoms with Crippen LogP contribution in [0.5, 0.6) is 0 Å². The SMILES string of the molecule is N#Cc1ccccc1-c1cc(-c2ccccn2)cn(-c2ccccc2)c1=O.O. The fourth-order valence-electron chi connectivity index (χ4n) is 3.04. The van der Waals surface area contributed by atoms with Gasteiger partial charge in [0.2, 0.25) is 0 Å². The minimum Gasteiger partial charge on any atom is -0.412 e. The first-order valence-electron chi connectivity index (χ1n) is 8.51. The first kappa shape index (κ1) is 18.8. The van der Waals surface area contributed by atoms with Gasteiger partial charge in [-0.15, -0.1) is 0 Å². The molecular weight excluding hydrogens is 350 g/mol. The first-order chi connectivity index (χ1) is 13.3. The van der Waals surface area contributed by atoms with Crippen molar-refractivity contribution >= 4 is 0 Å². The number of rotatable bonds is 3. The van der Waals surface area contributed by atoms with Crippen LogP contribution in [0.4, 0.5) is 0 Å². The van der Waals surface area contributed by atoms with Crippen LogP contribution < -0.4 is 5.56 Å². The van der Waals surface area contributed by atoms with Gasteiger partial charge in [0.25, 0.3) is 5.56 Å². The van der Waals surface area contributed by atoms with Crippen LogP contribution in [0.1, 0.15) is 5.56 Å². The second kappa shape index (κ2) is 8.12. The van der Waals surface area contributed by atoms with Gasteiger partial charge in [0.15, 0.2) is 0 Å². The minimum absolute atomic E-state index is 0. The van der Waals surface area contributed by atoms with Crippen molar-refractivity contribution in [3.05, 3.63) is 107 Å². The fraction of sp³-hybridized carbons (Fsp3) is 0. The smallest absolute Gasteiger partial charge is 0.263 e. The molecule has 5 heteroatoms. The first-order valence-corrected chi connectivity index (χ1v) is 8.51. The topological polar surface area (TPSA) is 90.2 Å². The van der Waals surface area contributed by atoms with Crippen molar-refractivity contribution in [1.29, 1.82) is 5.26 Å². The number of nitriles is 1. The predicted octanol–water partition coefficient (Wildman–Crippen LogP) is 3.61. The molecule has 5 nitrogen and oxygen atoms in total. The van der Waals surface area contributed by atoms with Gasteiger partial charge in [-0.25, -0.2) is 0 Å². The summed E-state index contributed by atoms with van der Waals surface area (Å²) in [6.45, 7) is 0. The Morgan fingerprint density at radius 2 is 1.57 bits per heavy atom. The van der Waals surface area contributed by atoms with Gasteiger partial charge in [-0.2, -0.15) is 5.26 Å². The molecule has 0 unspecified atom stereocenters. The Morgan fingerprint density at radius 3 is 2.29 bits per heavy atom. The van der Waals surface area contributed by atoms with Crippen molar-refractivity contribution < 1.29 is 5.48 Å². The average molecular weight is 367 g/mol. The molecule has 0 aliphatic rings. The van der Waals surface area contributed by atoms with E-state index in [2.05, 4.69) is 11.1 Å². The molecule has 0 aliphatic carbocycles. The van der Waals surface area contributed by atoms with Crippen LogP contribution in [0.25, 0.3) is 28.1 Å². The summed E-state index contributed by atoms with van der Waals surface area (Å²) in [5.74, 6) is 0. The largest absolute Gasteiger partial charge is 0.412 e. The minimum atomic E-state index is -0.177. The molecular formula is C23H17N3O2. The molecule has 0 bridgehead atoms. The number of hydrogen-bond donors (Lipinski definition) is 0. The Bertz CT molecular complexity index is 1190. The number of aromatic nitrogens is 2. The maximum absolute atomic E-state index is 13.3. The highest BCUT2D eigenvalue weighted by molar-refractivity contribution is 5.74.